The van der Waals surface area contributed by atoms with Gasteiger partial charge in [-0.05, 0) is 36.8 Å². The van der Waals surface area contributed by atoms with Crippen LogP contribution in [0.2, 0.25) is 0 Å². The highest BCUT2D eigenvalue weighted by Gasteiger charge is 2.33. The molecule has 1 fully saturated rings. The Balaban J connectivity index is 2.08. The summed E-state index contributed by atoms with van der Waals surface area (Å²) >= 11 is 1.83. The fourth-order valence-electron chi connectivity index (χ4n) is 2.29. The topological polar surface area (TPSA) is 21.3 Å². The van der Waals surface area contributed by atoms with E-state index in [2.05, 4.69) is 36.7 Å². The van der Waals surface area contributed by atoms with Crippen molar-refractivity contribution >= 4 is 11.3 Å². The van der Waals surface area contributed by atoms with Crippen molar-refractivity contribution in [3.05, 3.63) is 22.4 Å². The van der Waals surface area contributed by atoms with Crippen LogP contribution in [0, 0.1) is 5.92 Å². The van der Waals surface area contributed by atoms with Gasteiger partial charge in [0.15, 0.2) is 0 Å². The molecular formula is C13H21NOS. The van der Waals surface area contributed by atoms with Gasteiger partial charge in [-0.1, -0.05) is 19.9 Å². The maximum atomic E-state index is 5.89. The minimum absolute atomic E-state index is 0.352. The molecule has 0 saturated carbocycles. The Kier molecular flexibility index (Phi) is 4.38. The molecule has 0 bridgehead atoms. The van der Waals surface area contributed by atoms with E-state index in [0.717, 1.165) is 13.2 Å². The van der Waals surface area contributed by atoms with E-state index >= 15 is 0 Å². The minimum Gasteiger partial charge on any atom is -0.376 e. The van der Waals surface area contributed by atoms with E-state index in [1.54, 1.807) is 0 Å². The van der Waals surface area contributed by atoms with Crippen LogP contribution in [0.4, 0.5) is 0 Å². The fourth-order valence-corrected chi connectivity index (χ4v) is 3.13. The van der Waals surface area contributed by atoms with Crippen LogP contribution in [-0.2, 0) is 4.74 Å². The van der Waals surface area contributed by atoms with Gasteiger partial charge in [0.2, 0.25) is 0 Å². The van der Waals surface area contributed by atoms with Gasteiger partial charge in [0.1, 0.15) is 0 Å². The first kappa shape index (κ1) is 12.1. The summed E-state index contributed by atoms with van der Waals surface area (Å²) < 4.78 is 5.89. The SMILES string of the molecule is CCCNC(c1cccs1)C1OCCC1C. The van der Waals surface area contributed by atoms with Crippen LogP contribution in [0.3, 0.4) is 0 Å². The van der Waals surface area contributed by atoms with E-state index in [1.807, 2.05) is 11.3 Å². The van der Waals surface area contributed by atoms with Crippen molar-refractivity contribution in [1.82, 2.24) is 5.32 Å². The summed E-state index contributed by atoms with van der Waals surface area (Å²) in [6.07, 6.45) is 2.72. The van der Waals surface area contributed by atoms with Gasteiger partial charge in [-0.2, -0.15) is 0 Å². The van der Waals surface area contributed by atoms with Gasteiger partial charge in [0, 0.05) is 11.5 Å². The third-order valence-corrected chi connectivity index (χ3v) is 4.19. The number of hydrogen-bond donors (Lipinski definition) is 1. The van der Waals surface area contributed by atoms with E-state index in [1.165, 1.54) is 17.7 Å². The first-order chi connectivity index (χ1) is 7.83. The predicted octanol–water partition coefficient (Wildman–Crippen LogP) is 3.21. The molecule has 0 aliphatic carbocycles. The molecule has 2 rings (SSSR count). The van der Waals surface area contributed by atoms with Crippen LogP contribution in [-0.4, -0.2) is 19.3 Å². The molecule has 1 N–H and O–H groups in total. The molecule has 0 spiro atoms. The molecule has 1 aromatic heterocycles. The molecular weight excluding hydrogens is 218 g/mol. The molecule has 0 amide bonds. The molecule has 1 saturated heterocycles. The minimum atomic E-state index is 0.352. The fraction of sp³-hybridized carbons (Fsp3) is 0.692. The van der Waals surface area contributed by atoms with Crippen LogP contribution >= 0.6 is 11.3 Å². The van der Waals surface area contributed by atoms with E-state index in [4.69, 9.17) is 4.74 Å². The van der Waals surface area contributed by atoms with Gasteiger partial charge in [-0.25, -0.2) is 0 Å². The second-order valence-corrected chi connectivity index (χ2v) is 5.53. The van der Waals surface area contributed by atoms with E-state index < -0.39 is 0 Å². The van der Waals surface area contributed by atoms with E-state index in [-0.39, 0.29) is 0 Å². The lowest BCUT2D eigenvalue weighted by atomic mass is 9.96. The summed E-state index contributed by atoms with van der Waals surface area (Å²) in [6.45, 7) is 6.49. The highest BCUT2D eigenvalue weighted by atomic mass is 32.1. The van der Waals surface area contributed by atoms with Crippen molar-refractivity contribution < 1.29 is 4.74 Å². The Morgan fingerprint density at radius 1 is 1.62 bits per heavy atom. The van der Waals surface area contributed by atoms with Crippen molar-refractivity contribution in [3.8, 4) is 0 Å². The average Bonchev–Trinajstić information content (AvgIpc) is 2.91. The first-order valence-electron chi connectivity index (χ1n) is 6.21. The Morgan fingerprint density at radius 3 is 3.06 bits per heavy atom. The zero-order valence-electron chi connectivity index (χ0n) is 10.1. The maximum absolute atomic E-state index is 5.89. The van der Waals surface area contributed by atoms with Crippen LogP contribution in [0.25, 0.3) is 0 Å². The van der Waals surface area contributed by atoms with Crippen molar-refractivity contribution in [2.45, 2.75) is 38.8 Å². The summed E-state index contributed by atoms with van der Waals surface area (Å²) in [5.74, 6) is 0.663. The van der Waals surface area contributed by atoms with Gasteiger partial charge in [-0.15, -0.1) is 11.3 Å². The van der Waals surface area contributed by atoms with E-state index in [9.17, 15) is 0 Å². The monoisotopic (exact) mass is 239 g/mol. The number of hydrogen-bond acceptors (Lipinski definition) is 3. The molecule has 90 valence electrons. The third kappa shape index (κ3) is 2.65. The first-order valence-corrected chi connectivity index (χ1v) is 7.09. The molecule has 3 atom stereocenters. The van der Waals surface area contributed by atoms with Crippen molar-refractivity contribution in [2.75, 3.05) is 13.2 Å². The van der Waals surface area contributed by atoms with Crippen LogP contribution in [0.1, 0.15) is 37.6 Å². The number of rotatable bonds is 5. The predicted molar refractivity (Wildman–Crippen MR) is 68.9 cm³/mol. The summed E-state index contributed by atoms with van der Waals surface area (Å²) in [4.78, 5) is 1.41. The van der Waals surface area contributed by atoms with Gasteiger partial charge in [0.25, 0.3) is 0 Å². The quantitative estimate of drug-likeness (QED) is 0.852. The van der Waals surface area contributed by atoms with Gasteiger partial charge >= 0.3 is 0 Å². The molecule has 2 heterocycles. The smallest absolute Gasteiger partial charge is 0.0804 e. The summed E-state index contributed by atoms with van der Waals surface area (Å²) in [7, 11) is 0. The van der Waals surface area contributed by atoms with Gasteiger partial charge in [0.05, 0.1) is 12.1 Å². The zero-order valence-corrected chi connectivity index (χ0v) is 10.9. The Hall–Kier alpha value is -0.380. The molecule has 1 aliphatic rings. The second-order valence-electron chi connectivity index (χ2n) is 4.55. The second kappa shape index (κ2) is 5.80. The molecule has 2 nitrogen and oxygen atoms in total. The largest absolute Gasteiger partial charge is 0.376 e. The van der Waals surface area contributed by atoms with Crippen LogP contribution < -0.4 is 5.32 Å². The van der Waals surface area contributed by atoms with Crippen LogP contribution in [0.5, 0.6) is 0 Å². The third-order valence-electron chi connectivity index (χ3n) is 3.24. The Morgan fingerprint density at radius 2 is 2.50 bits per heavy atom. The molecule has 1 aliphatic heterocycles. The van der Waals surface area contributed by atoms with Crippen molar-refractivity contribution in [2.24, 2.45) is 5.92 Å². The molecule has 3 heteroatoms. The lowest BCUT2D eigenvalue weighted by molar-refractivity contribution is 0.0618. The number of thiophene rings is 1. The van der Waals surface area contributed by atoms with Gasteiger partial charge < -0.3 is 10.1 Å². The molecule has 0 aromatic carbocycles. The number of nitrogens with one attached hydrogen (secondary N) is 1. The van der Waals surface area contributed by atoms with Gasteiger partial charge in [-0.3, -0.25) is 0 Å². The molecule has 3 unspecified atom stereocenters. The summed E-state index contributed by atoms with van der Waals surface area (Å²) in [5, 5.41) is 5.78. The van der Waals surface area contributed by atoms with Crippen LogP contribution in [0.15, 0.2) is 17.5 Å². The van der Waals surface area contributed by atoms with Crippen molar-refractivity contribution in [3.63, 3.8) is 0 Å². The van der Waals surface area contributed by atoms with Crippen molar-refractivity contribution in [1.29, 1.82) is 0 Å². The normalized spacial score (nSPS) is 27.1. The highest BCUT2D eigenvalue weighted by molar-refractivity contribution is 7.10. The standard InChI is InChI=1S/C13H21NOS/c1-3-7-14-12(11-5-4-9-16-11)13-10(2)6-8-15-13/h4-5,9-10,12-14H,3,6-8H2,1-2H3. The number of ether oxygens (including phenoxy) is 1. The summed E-state index contributed by atoms with van der Waals surface area (Å²) in [6, 6.07) is 4.73. The van der Waals surface area contributed by atoms with E-state index in [0.29, 0.717) is 18.1 Å². The lowest BCUT2D eigenvalue weighted by Gasteiger charge is -2.26. The molecule has 1 aromatic rings. The Bertz CT molecular complexity index is 299. The lowest BCUT2D eigenvalue weighted by Crippen LogP contribution is -2.34. The maximum Gasteiger partial charge on any atom is 0.0804 e. The highest BCUT2D eigenvalue weighted by Crippen LogP contribution is 2.33. The molecule has 0 radical (unpaired) electrons. The average molecular weight is 239 g/mol. The Labute approximate surface area is 102 Å². The summed E-state index contributed by atoms with van der Waals surface area (Å²) in [5.41, 5.74) is 0. The zero-order chi connectivity index (χ0) is 11.4. The molecule has 16 heavy (non-hydrogen) atoms.